The second-order valence-electron chi connectivity index (χ2n) is 7.98. The van der Waals surface area contributed by atoms with Gasteiger partial charge in [-0.1, -0.05) is 30.3 Å². The van der Waals surface area contributed by atoms with Gasteiger partial charge in [0.25, 0.3) is 0 Å². The Kier molecular flexibility index (Phi) is 11.2. The lowest BCUT2D eigenvalue weighted by molar-refractivity contribution is -0.135. The SMILES string of the molecule is CN=C(NCCS(=O)Cc1ccccc1)N1CCN(C(C)C(=O)N2CCCC2)CC1.I. The lowest BCUT2D eigenvalue weighted by atomic mass is 10.2. The average Bonchev–Trinajstić information content (AvgIpc) is 3.31. The Balaban J connectivity index is 0.00000341. The Morgan fingerprint density at radius 3 is 2.32 bits per heavy atom. The fourth-order valence-corrected chi connectivity index (χ4v) is 5.16. The molecule has 2 unspecified atom stereocenters. The van der Waals surface area contributed by atoms with Crippen LogP contribution >= 0.6 is 24.0 Å². The Hall–Kier alpha value is -1.20. The van der Waals surface area contributed by atoms with Gasteiger partial charge >= 0.3 is 0 Å². The predicted octanol–water partition coefficient (Wildman–Crippen LogP) is 1.76. The highest BCUT2D eigenvalue weighted by atomic mass is 127. The maximum Gasteiger partial charge on any atom is 0.239 e. The van der Waals surface area contributed by atoms with Gasteiger partial charge in [-0.25, -0.2) is 0 Å². The number of halogens is 1. The third-order valence-electron chi connectivity index (χ3n) is 5.93. The van der Waals surface area contributed by atoms with Crippen LogP contribution in [0.4, 0.5) is 0 Å². The molecule has 1 amide bonds. The van der Waals surface area contributed by atoms with Crippen LogP contribution in [0.3, 0.4) is 0 Å². The van der Waals surface area contributed by atoms with Crippen molar-refractivity contribution in [3.05, 3.63) is 35.9 Å². The highest BCUT2D eigenvalue weighted by Crippen LogP contribution is 2.14. The van der Waals surface area contributed by atoms with Gasteiger partial charge in [-0.3, -0.25) is 18.9 Å². The minimum atomic E-state index is -0.899. The van der Waals surface area contributed by atoms with Crippen LogP contribution in [0, 0.1) is 0 Å². The Morgan fingerprint density at radius 1 is 1.06 bits per heavy atom. The van der Waals surface area contributed by atoms with Crippen LogP contribution in [0.15, 0.2) is 35.3 Å². The third-order valence-corrected chi connectivity index (χ3v) is 7.25. The maximum absolute atomic E-state index is 12.7. The van der Waals surface area contributed by atoms with E-state index >= 15 is 0 Å². The molecule has 2 aliphatic rings. The van der Waals surface area contributed by atoms with Crippen LogP contribution in [0.5, 0.6) is 0 Å². The van der Waals surface area contributed by atoms with E-state index in [9.17, 15) is 9.00 Å². The highest BCUT2D eigenvalue weighted by molar-refractivity contribution is 14.0. The topological polar surface area (TPSA) is 68.2 Å². The molecule has 2 fully saturated rings. The second kappa shape index (κ2) is 13.4. The first-order valence-corrected chi connectivity index (χ1v) is 12.4. The number of carbonyl (C=O) groups excluding carboxylic acids is 1. The van der Waals surface area contributed by atoms with Crippen molar-refractivity contribution >= 4 is 46.6 Å². The third kappa shape index (κ3) is 7.71. The lowest BCUT2D eigenvalue weighted by Gasteiger charge is -2.39. The fraction of sp³-hybridized carbons (Fsp3) is 0.636. The minimum absolute atomic E-state index is 0. The van der Waals surface area contributed by atoms with E-state index in [0.717, 1.165) is 63.6 Å². The van der Waals surface area contributed by atoms with Crippen LogP contribution in [0.1, 0.15) is 25.3 Å². The summed E-state index contributed by atoms with van der Waals surface area (Å²) in [5, 5.41) is 3.36. The summed E-state index contributed by atoms with van der Waals surface area (Å²) in [6.07, 6.45) is 2.26. The molecule has 0 saturated carbocycles. The number of nitrogens with one attached hydrogen (secondary N) is 1. The molecule has 0 bridgehead atoms. The van der Waals surface area contributed by atoms with E-state index in [4.69, 9.17) is 0 Å². The number of aliphatic imine (C=N–C) groups is 1. The second-order valence-corrected chi connectivity index (χ2v) is 9.56. The smallest absolute Gasteiger partial charge is 0.239 e. The van der Waals surface area contributed by atoms with Crippen LogP contribution in [0.25, 0.3) is 0 Å². The first-order valence-electron chi connectivity index (χ1n) is 11.0. The summed E-state index contributed by atoms with van der Waals surface area (Å²) in [6.45, 7) is 7.86. The Labute approximate surface area is 206 Å². The minimum Gasteiger partial charge on any atom is -0.355 e. The molecule has 0 spiro atoms. The van der Waals surface area contributed by atoms with E-state index in [1.54, 1.807) is 7.05 Å². The zero-order chi connectivity index (χ0) is 21.3. The summed E-state index contributed by atoms with van der Waals surface area (Å²) < 4.78 is 12.3. The van der Waals surface area contributed by atoms with E-state index in [-0.39, 0.29) is 35.9 Å². The Morgan fingerprint density at radius 2 is 1.71 bits per heavy atom. The molecule has 2 aliphatic heterocycles. The van der Waals surface area contributed by atoms with Crippen LogP contribution in [-0.2, 0) is 21.3 Å². The van der Waals surface area contributed by atoms with Gasteiger partial charge in [0.1, 0.15) is 0 Å². The molecular weight excluding hydrogens is 525 g/mol. The number of nitrogens with zero attached hydrogens (tertiary/aromatic N) is 4. The Bertz CT molecular complexity index is 735. The summed E-state index contributed by atoms with van der Waals surface area (Å²) in [6, 6.07) is 9.90. The number of benzene rings is 1. The van der Waals surface area contributed by atoms with Gasteiger partial charge in [0.05, 0.1) is 6.04 Å². The molecule has 3 rings (SSSR count). The average molecular weight is 562 g/mol. The molecule has 174 valence electrons. The van der Waals surface area contributed by atoms with E-state index in [2.05, 4.69) is 20.1 Å². The maximum atomic E-state index is 12.7. The number of carbonyl (C=O) groups is 1. The van der Waals surface area contributed by atoms with Crippen molar-refractivity contribution in [1.82, 2.24) is 20.0 Å². The highest BCUT2D eigenvalue weighted by Gasteiger charge is 2.30. The van der Waals surface area contributed by atoms with Crippen molar-refractivity contribution in [3.63, 3.8) is 0 Å². The monoisotopic (exact) mass is 561 g/mol. The quantitative estimate of drug-likeness (QED) is 0.312. The fourth-order valence-electron chi connectivity index (χ4n) is 4.12. The van der Waals surface area contributed by atoms with Crippen molar-refractivity contribution in [2.75, 3.05) is 58.6 Å². The molecule has 2 atom stereocenters. The molecule has 31 heavy (non-hydrogen) atoms. The van der Waals surface area contributed by atoms with E-state index in [1.165, 1.54) is 0 Å². The molecule has 2 heterocycles. The van der Waals surface area contributed by atoms with Crippen molar-refractivity contribution < 1.29 is 9.00 Å². The molecule has 1 aromatic rings. The lowest BCUT2D eigenvalue weighted by Crippen LogP contribution is -2.57. The van der Waals surface area contributed by atoms with Gasteiger partial charge in [-0.2, -0.15) is 0 Å². The van der Waals surface area contributed by atoms with Crippen LogP contribution < -0.4 is 5.32 Å². The number of amides is 1. The molecule has 9 heteroatoms. The van der Waals surface area contributed by atoms with Gasteiger partial charge in [0, 0.05) is 75.2 Å². The zero-order valence-corrected chi connectivity index (χ0v) is 21.8. The molecular formula is C22H36IN5O2S. The molecule has 2 saturated heterocycles. The van der Waals surface area contributed by atoms with Crippen molar-refractivity contribution in [3.8, 4) is 0 Å². The van der Waals surface area contributed by atoms with Crippen LogP contribution in [0.2, 0.25) is 0 Å². The summed E-state index contributed by atoms with van der Waals surface area (Å²) in [5.41, 5.74) is 1.11. The summed E-state index contributed by atoms with van der Waals surface area (Å²) in [4.78, 5) is 23.6. The van der Waals surface area contributed by atoms with Crippen molar-refractivity contribution in [2.24, 2.45) is 4.99 Å². The molecule has 0 radical (unpaired) electrons. The first kappa shape index (κ1) is 26.1. The zero-order valence-electron chi connectivity index (χ0n) is 18.7. The summed E-state index contributed by atoms with van der Waals surface area (Å²) in [7, 11) is 0.887. The number of hydrogen-bond donors (Lipinski definition) is 1. The van der Waals surface area contributed by atoms with E-state index in [1.807, 2.05) is 42.2 Å². The number of piperazine rings is 1. The first-order chi connectivity index (χ1) is 14.6. The predicted molar refractivity (Wildman–Crippen MR) is 138 cm³/mol. The number of guanidine groups is 1. The molecule has 0 aromatic heterocycles. The van der Waals surface area contributed by atoms with Gasteiger partial charge in [0.15, 0.2) is 5.96 Å². The standard InChI is InChI=1S/C22H35N5O2S.HI/c1-19(21(28)26-11-6-7-12-26)25-13-15-27(16-14-25)22(23-2)24-10-17-30(29)18-20-8-4-3-5-9-20;/h3-5,8-9,19H,6-7,10-18H2,1-2H3,(H,23,24);1H. The number of hydrogen-bond acceptors (Lipinski definition) is 4. The number of rotatable bonds is 7. The van der Waals surface area contributed by atoms with E-state index in [0.29, 0.717) is 18.1 Å². The van der Waals surface area contributed by atoms with E-state index < -0.39 is 10.8 Å². The van der Waals surface area contributed by atoms with Gasteiger partial charge in [-0.15, -0.1) is 24.0 Å². The molecule has 0 aliphatic carbocycles. The molecule has 1 N–H and O–H groups in total. The van der Waals surface area contributed by atoms with Gasteiger partial charge < -0.3 is 15.1 Å². The normalized spacial score (nSPS) is 19.6. The summed E-state index contributed by atoms with van der Waals surface area (Å²) >= 11 is 0. The van der Waals surface area contributed by atoms with Gasteiger partial charge in [-0.05, 0) is 25.3 Å². The van der Waals surface area contributed by atoms with Crippen molar-refractivity contribution in [1.29, 1.82) is 0 Å². The largest absolute Gasteiger partial charge is 0.355 e. The summed E-state index contributed by atoms with van der Waals surface area (Å²) in [5.74, 6) is 2.30. The number of likely N-dealkylation sites (tertiary alicyclic amines) is 1. The van der Waals surface area contributed by atoms with Gasteiger partial charge in [0.2, 0.25) is 5.91 Å². The van der Waals surface area contributed by atoms with Crippen molar-refractivity contribution in [2.45, 2.75) is 31.6 Å². The molecule has 1 aromatic carbocycles. The van der Waals surface area contributed by atoms with Crippen LogP contribution in [-0.4, -0.2) is 95.4 Å². The molecule has 7 nitrogen and oxygen atoms in total.